The van der Waals surface area contributed by atoms with Gasteiger partial charge in [-0.25, -0.2) is 4.98 Å². The Labute approximate surface area is 200 Å². The van der Waals surface area contributed by atoms with Gasteiger partial charge >= 0.3 is 0 Å². The molecule has 3 heterocycles. The van der Waals surface area contributed by atoms with Gasteiger partial charge in [0.1, 0.15) is 5.82 Å². The molecule has 2 fully saturated rings. The molecule has 170 valence electrons. The van der Waals surface area contributed by atoms with E-state index in [1.807, 2.05) is 7.05 Å². The lowest BCUT2D eigenvalue weighted by atomic mass is 10.1. The highest BCUT2D eigenvalue weighted by Crippen LogP contribution is 2.18. The molecule has 0 bridgehead atoms. The second kappa shape index (κ2) is 14.1. The van der Waals surface area contributed by atoms with E-state index in [2.05, 4.69) is 55.5 Å². The maximum atomic E-state index is 4.66. The van der Waals surface area contributed by atoms with Crippen LogP contribution in [0.3, 0.4) is 0 Å². The summed E-state index contributed by atoms with van der Waals surface area (Å²) in [6.07, 6.45) is 10.3. The zero-order chi connectivity index (χ0) is 20.3. The quantitative estimate of drug-likeness (QED) is 0.233. The van der Waals surface area contributed by atoms with E-state index in [4.69, 9.17) is 0 Å². The molecule has 0 aromatic carbocycles. The molecule has 2 aliphatic rings. The largest absolute Gasteiger partial charge is 0.356 e. The maximum absolute atomic E-state index is 4.66. The Morgan fingerprint density at radius 2 is 1.83 bits per heavy atom. The van der Waals surface area contributed by atoms with Crippen LogP contribution in [0.1, 0.15) is 57.1 Å². The molecule has 7 heteroatoms. The number of aromatic nitrogens is 1. The second-order valence-corrected chi connectivity index (χ2v) is 8.50. The van der Waals surface area contributed by atoms with Crippen molar-refractivity contribution < 1.29 is 0 Å². The number of halogens is 1. The molecule has 0 spiro atoms. The van der Waals surface area contributed by atoms with Crippen molar-refractivity contribution >= 4 is 35.8 Å². The number of piperidine rings is 2. The third kappa shape index (κ3) is 8.57. The highest BCUT2D eigenvalue weighted by Gasteiger charge is 2.20. The van der Waals surface area contributed by atoms with Crippen LogP contribution in [-0.4, -0.2) is 68.2 Å². The zero-order valence-corrected chi connectivity index (χ0v) is 21.2. The molecule has 0 saturated carbocycles. The van der Waals surface area contributed by atoms with Crippen molar-refractivity contribution in [1.82, 2.24) is 20.5 Å². The number of guanidine groups is 1. The first kappa shape index (κ1) is 25.2. The minimum Gasteiger partial charge on any atom is -0.356 e. The van der Waals surface area contributed by atoms with Crippen LogP contribution in [-0.2, 0) is 0 Å². The average molecular weight is 529 g/mol. The molecule has 1 aromatic heterocycles. The highest BCUT2D eigenvalue weighted by molar-refractivity contribution is 14.0. The SMILES string of the molecule is CN=C(NCCCCCN1CCCCC1)NC1CCN(c2cccc(C)n2)CC1.I. The number of nitrogens with zero attached hydrogens (tertiary/aromatic N) is 4. The highest BCUT2D eigenvalue weighted by atomic mass is 127. The first-order valence-corrected chi connectivity index (χ1v) is 11.6. The fraction of sp³-hybridized carbons (Fsp3) is 0.739. The van der Waals surface area contributed by atoms with Crippen LogP contribution in [0, 0.1) is 6.92 Å². The third-order valence-electron chi connectivity index (χ3n) is 6.15. The molecule has 2 saturated heterocycles. The fourth-order valence-corrected chi connectivity index (χ4v) is 4.37. The van der Waals surface area contributed by atoms with E-state index in [9.17, 15) is 0 Å². The number of likely N-dealkylation sites (tertiary alicyclic amines) is 1. The number of nitrogens with one attached hydrogen (secondary N) is 2. The van der Waals surface area contributed by atoms with E-state index in [1.165, 1.54) is 58.2 Å². The number of anilines is 1. The molecule has 1 aromatic rings. The van der Waals surface area contributed by atoms with Crippen LogP contribution in [0.15, 0.2) is 23.2 Å². The number of unbranched alkanes of at least 4 members (excludes halogenated alkanes) is 2. The van der Waals surface area contributed by atoms with Gasteiger partial charge in [0.2, 0.25) is 0 Å². The number of rotatable bonds is 8. The Morgan fingerprint density at radius 1 is 1.07 bits per heavy atom. The lowest BCUT2D eigenvalue weighted by Crippen LogP contribution is -2.49. The molecular formula is C23H41IN6. The van der Waals surface area contributed by atoms with E-state index in [1.54, 1.807) is 0 Å². The van der Waals surface area contributed by atoms with Crippen molar-refractivity contribution in [1.29, 1.82) is 0 Å². The monoisotopic (exact) mass is 528 g/mol. The molecule has 0 unspecified atom stereocenters. The number of aryl methyl sites for hydroxylation is 1. The van der Waals surface area contributed by atoms with Crippen molar-refractivity contribution in [2.45, 2.75) is 64.3 Å². The van der Waals surface area contributed by atoms with Crippen molar-refractivity contribution in [3.05, 3.63) is 23.9 Å². The van der Waals surface area contributed by atoms with Crippen molar-refractivity contribution in [3.8, 4) is 0 Å². The standard InChI is InChI=1S/C23H40N6.HI/c1-20-10-9-11-22(26-20)29-18-12-21(13-19-29)27-23(24-2)25-14-5-3-6-15-28-16-7-4-8-17-28;/h9-11,21H,3-8,12-19H2,1-2H3,(H2,24,25,27);1H. The molecule has 6 nitrogen and oxygen atoms in total. The van der Waals surface area contributed by atoms with Gasteiger partial charge in [-0.1, -0.05) is 18.9 Å². The Bertz CT molecular complexity index is 624. The summed E-state index contributed by atoms with van der Waals surface area (Å²) in [5.41, 5.74) is 1.09. The predicted octanol–water partition coefficient (Wildman–Crippen LogP) is 3.80. The van der Waals surface area contributed by atoms with Crippen molar-refractivity contribution in [3.63, 3.8) is 0 Å². The van der Waals surface area contributed by atoms with E-state index in [-0.39, 0.29) is 24.0 Å². The average Bonchev–Trinajstić information content (AvgIpc) is 2.76. The van der Waals surface area contributed by atoms with Gasteiger partial charge in [-0.3, -0.25) is 4.99 Å². The van der Waals surface area contributed by atoms with Crippen LogP contribution < -0.4 is 15.5 Å². The fourth-order valence-electron chi connectivity index (χ4n) is 4.37. The number of hydrogen-bond donors (Lipinski definition) is 2. The molecule has 2 N–H and O–H groups in total. The van der Waals surface area contributed by atoms with E-state index >= 15 is 0 Å². The van der Waals surface area contributed by atoms with Crippen molar-refractivity contribution in [2.75, 3.05) is 51.2 Å². The second-order valence-electron chi connectivity index (χ2n) is 8.50. The summed E-state index contributed by atoms with van der Waals surface area (Å²) in [5, 5.41) is 7.12. The first-order valence-electron chi connectivity index (χ1n) is 11.6. The van der Waals surface area contributed by atoms with Crippen LogP contribution in [0.2, 0.25) is 0 Å². The van der Waals surface area contributed by atoms with Crippen LogP contribution in [0.25, 0.3) is 0 Å². The van der Waals surface area contributed by atoms with Gasteiger partial charge in [0, 0.05) is 38.4 Å². The predicted molar refractivity (Wildman–Crippen MR) is 138 cm³/mol. The van der Waals surface area contributed by atoms with Gasteiger partial charge in [-0.15, -0.1) is 24.0 Å². The summed E-state index contributed by atoms with van der Waals surface area (Å²) >= 11 is 0. The molecule has 0 radical (unpaired) electrons. The summed E-state index contributed by atoms with van der Waals surface area (Å²) in [7, 11) is 1.87. The topological polar surface area (TPSA) is 55.8 Å². The molecular weight excluding hydrogens is 487 g/mol. The molecule has 2 aliphatic heterocycles. The Morgan fingerprint density at radius 3 is 2.53 bits per heavy atom. The third-order valence-corrected chi connectivity index (χ3v) is 6.15. The van der Waals surface area contributed by atoms with Crippen LogP contribution in [0.5, 0.6) is 0 Å². The summed E-state index contributed by atoms with van der Waals surface area (Å²) in [5.74, 6) is 2.06. The maximum Gasteiger partial charge on any atom is 0.191 e. The van der Waals surface area contributed by atoms with E-state index in [0.717, 1.165) is 49.9 Å². The van der Waals surface area contributed by atoms with Crippen LogP contribution >= 0.6 is 24.0 Å². The number of aliphatic imine (C=N–C) groups is 1. The lowest BCUT2D eigenvalue weighted by molar-refractivity contribution is 0.224. The Balaban J connectivity index is 0.00000320. The minimum atomic E-state index is 0. The molecule has 30 heavy (non-hydrogen) atoms. The zero-order valence-electron chi connectivity index (χ0n) is 18.9. The summed E-state index contributed by atoms with van der Waals surface area (Å²) in [4.78, 5) is 14.1. The Kier molecular flexibility index (Phi) is 11.8. The first-order chi connectivity index (χ1) is 14.2. The normalized spacial score (nSPS) is 18.7. The summed E-state index contributed by atoms with van der Waals surface area (Å²) in [6.45, 7) is 9.05. The van der Waals surface area contributed by atoms with Gasteiger partial charge in [0.05, 0.1) is 0 Å². The summed E-state index contributed by atoms with van der Waals surface area (Å²) < 4.78 is 0. The number of pyridine rings is 1. The van der Waals surface area contributed by atoms with Gasteiger partial charge < -0.3 is 20.4 Å². The lowest BCUT2D eigenvalue weighted by Gasteiger charge is -2.34. The van der Waals surface area contributed by atoms with Crippen molar-refractivity contribution in [2.24, 2.45) is 4.99 Å². The summed E-state index contributed by atoms with van der Waals surface area (Å²) in [6, 6.07) is 6.76. The smallest absolute Gasteiger partial charge is 0.191 e. The van der Waals surface area contributed by atoms with Gasteiger partial charge in [0.25, 0.3) is 0 Å². The molecule has 0 atom stereocenters. The molecule has 3 rings (SSSR count). The Hall–Kier alpha value is -1.09. The van der Waals surface area contributed by atoms with Crippen LogP contribution in [0.4, 0.5) is 5.82 Å². The molecule has 0 aliphatic carbocycles. The minimum absolute atomic E-state index is 0. The van der Waals surface area contributed by atoms with E-state index in [0.29, 0.717) is 6.04 Å². The van der Waals surface area contributed by atoms with Gasteiger partial charge in [-0.2, -0.15) is 0 Å². The molecule has 0 amide bonds. The van der Waals surface area contributed by atoms with Gasteiger partial charge in [0.15, 0.2) is 5.96 Å². The van der Waals surface area contributed by atoms with E-state index < -0.39 is 0 Å². The van der Waals surface area contributed by atoms with Gasteiger partial charge in [-0.05, 0) is 77.2 Å². The number of hydrogen-bond acceptors (Lipinski definition) is 4.